The van der Waals surface area contributed by atoms with Crippen molar-refractivity contribution in [2.75, 3.05) is 26.7 Å². The van der Waals surface area contributed by atoms with Gasteiger partial charge in [0.05, 0.1) is 12.2 Å². The van der Waals surface area contributed by atoms with Crippen LogP contribution < -0.4 is 5.56 Å². The Bertz CT molecular complexity index is 693. The van der Waals surface area contributed by atoms with Crippen molar-refractivity contribution in [2.45, 2.75) is 51.1 Å². The van der Waals surface area contributed by atoms with E-state index in [1.165, 1.54) is 12.8 Å². The van der Waals surface area contributed by atoms with E-state index in [9.17, 15) is 9.59 Å². The molecule has 2 aliphatic heterocycles. The molecule has 0 spiro atoms. The van der Waals surface area contributed by atoms with Crippen molar-refractivity contribution >= 4 is 5.91 Å². The molecule has 0 N–H and O–H groups in total. The number of likely N-dealkylation sites (tertiary alicyclic amines) is 2. The average Bonchev–Trinajstić information content (AvgIpc) is 2.85. The van der Waals surface area contributed by atoms with E-state index in [0.29, 0.717) is 18.4 Å². The molecule has 0 saturated carbocycles. The Labute approximate surface area is 142 Å². The molecule has 2 saturated heterocycles. The number of aromatic nitrogens is 2. The molecule has 4 rings (SSSR count). The summed E-state index contributed by atoms with van der Waals surface area (Å²) in [4.78, 5) is 28.1. The summed E-state index contributed by atoms with van der Waals surface area (Å²) < 4.78 is 1.68. The first-order chi connectivity index (χ1) is 11.6. The molecule has 3 aliphatic rings. The monoisotopic (exact) mass is 330 g/mol. The van der Waals surface area contributed by atoms with E-state index < -0.39 is 0 Å². The lowest BCUT2D eigenvalue weighted by molar-refractivity contribution is -0.128. The molecule has 130 valence electrons. The van der Waals surface area contributed by atoms with E-state index in [2.05, 4.69) is 10.00 Å². The minimum absolute atomic E-state index is 0.0511. The summed E-state index contributed by atoms with van der Waals surface area (Å²) in [5.41, 5.74) is 2.34. The van der Waals surface area contributed by atoms with Crippen LogP contribution in [0.15, 0.2) is 10.9 Å². The highest BCUT2D eigenvalue weighted by atomic mass is 16.2. The number of amides is 1. The molecule has 1 aromatic rings. The molecule has 2 fully saturated rings. The van der Waals surface area contributed by atoms with Gasteiger partial charge in [-0.05, 0) is 37.7 Å². The van der Waals surface area contributed by atoms with Crippen LogP contribution in [0.25, 0.3) is 0 Å². The van der Waals surface area contributed by atoms with Crippen molar-refractivity contribution in [1.82, 2.24) is 19.6 Å². The second kappa shape index (κ2) is 6.31. The summed E-state index contributed by atoms with van der Waals surface area (Å²) >= 11 is 0. The maximum Gasteiger partial charge on any atom is 0.267 e. The second-order valence-electron chi connectivity index (χ2n) is 7.63. The molecule has 6 nitrogen and oxygen atoms in total. The lowest BCUT2D eigenvalue weighted by Gasteiger charge is -2.41. The van der Waals surface area contributed by atoms with Gasteiger partial charge >= 0.3 is 0 Å². The smallest absolute Gasteiger partial charge is 0.267 e. The van der Waals surface area contributed by atoms with Gasteiger partial charge in [-0.3, -0.25) is 9.59 Å². The van der Waals surface area contributed by atoms with E-state index >= 15 is 0 Å². The molecule has 0 aromatic carbocycles. The van der Waals surface area contributed by atoms with Gasteiger partial charge in [0.2, 0.25) is 5.91 Å². The fourth-order valence-electron chi connectivity index (χ4n) is 4.29. The van der Waals surface area contributed by atoms with Crippen LogP contribution >= 0.6 is 0 Å². The summed E-state index contributed by atoms with van der Waals surface area (Å²) in [6.07, 6.45) is 6.03. The first kappa shape index (κ1) is 15.8. The van der Waals surface area contributed by atoms with Crippen molar-refractivity contribution < 1.29 is 4.79 Å². The van der Waals surface area contributed by atoms with Crippen molar-refractivity contribution in [3.63, 3.8) is 0 Å². The number of carbonyl (C=O) groups excluding carboxylic acids is 1. The zero-order valence-corrected chi connectivity index (χ0v) is 14.4. The average molecular weight is 330 g/mol. The van der Waals surface area contributed by atoms with Crippen molar-refractivity contribution in [2.24, 2.45) is 5.92 Å². The van der Waals surface area contributed by atoms with E-state index in [1.54, 1.807) is 10.7 Å². The summed E-state index contributed by atoms with van der Waals surface area (Å²) in [7, 11) is 1.91. The van der Waals surface area contributed by atoms with E-state index in [0.717, 1.165) is 56.7 Å². The Morgan fingerprint density at radius 1 is 1.12 bits per heavy atom. The summed E-state index contributed by atoms with van der Waals surface area (Å²) in [6, 6.07) is 2.17. The van der Waals surface area contributed by atoms with Gasteiger partial charge in [0.1, 0.15) is 0 Å². The number of hydrogen-bond donors (Lipinski definition) is 0. The first-order valence-electron chi connectivity index (χ1n) is 9.18. The number of carbonyl (C=O) groups is 1. The van der Waals surface area contributed by atoms with Crippen LogP contribution in [-0.2, 0) is 24.2 Å². The van der Waals surface area contributed by atoms with E-state index in [4.69, 9.17) is 0 Å². The third-order valence-electron chi connectivity index (χ3n) is 5.84. The molecule has 0 bridgehead atoms. The van der Waals surface area contributed by atoms with Gasteiger partial charge in [-0.15, -0.1) is 0 Å². The summed E-state index contributed by atoms with van der Waals surface area (Å²) in [5.74, 6) is 0.765. The van der Waals surface area contributed by atoms with Gasteiger partial charge in [0.15, 0.2) is 0 Å². The Hall–Kier alpha value is -1.69. The zero-order valence-electron chi connectivity index (χ0n) is 14.4. The maximum atomic E-state index is 12.2. The fraction of sp³-hybridized carbons (Fsp3) is 0.722. The van der Waals surface area contributed by atoms with Crippen molar-refractivity contribution in [3.05, 3.63) is 27.7 Å². The lowest BCUT2D eigenvalue weighted by atomic mass is 9.96. The molecular weight excluding hydrogens is 304 g/mol. The zero-order chi connectivity index (χ0) is 16.7. The van der Waals surface area contributed by atoms with Crippen LogP contribution in [0.5, 0.6) is 0 Å². The normalized spacial score (nSPS) is 25.0. The van der Waals surface area contributed by atoms with E-state index in [-0.39, 0.29) is 11.5 Å². The van der Waals surface area contributed by atoms with Crippen LogP contribution in [0.1, 0.15) is 36.9 Å². The summed E-state index contributed by atoms with van der Waals surface area (Å²) in [6.45, 7) is 3.70. The van der Waals surface area contributed by atoms with Gasteiger partial charge in [-0.25, -0.2) is 4.68 Å². The number of nitrogens with zero attached hydrogens (tertiary/aromatic N) is 4. The van der Waals surface area contributed by atoms with Crippen LogP contribution in [-0.4, -0.2) is 58.2 Å². The molecule has 1 aromatic heterocycles. The van der Waals surface area contributed by atoms with Gasteiger partial charge in [-0.1, -0.05) is 0 Å². The number of likely N-dealkylation sites (N-methyl/N-ethyl adjacent to an activating group) is 1. The largest absolute Gasteiger partial charge is 0.341 e. The van der Waals surface area contributed by atoms with Crippen molar-refractivity contribution in [3.8, 4) is 0 Å². The Morgan fingerprint density at radius 2 is 1.92 bits per heavy atom. The molecule has 6 heteroatoms. The summed E-state index contributed by atoms with van der Waals surface area (Å²) in [5, 5.41) is 4.62. The topological polar surface area (TPSA) is 58.4 Å². The molecule has 0 radical (unpaired) electrons. The third kappa shape index (κ3) is 2.99. The van der Waals surface area contributed by atoms with Gasteiger partial charge in [0.25, 0.3) is 5.56 Å². The molecule has 1 atom stereocenters. The Morgan fingerprint density at radius 3 is 2.67 bits per heavy atom. The van der Waals surface area contributed by atoms with Crippen LogP contribution in [0.4, 0.5) is 0 Å². The minimum atomic E-state index is 0.0511. The van der Waals surface area contributed by atoms with Gasteiger partial charge < -0.3 is 9.80 Å². The van der Waals surface area contributed by atoms with Gasteiger partial charge in [0, 0.05) is 51.1 Å². The predicted molar refractivity (Wildman–Crippen MR) is 90.9 cm³/mol. The molecule has 1 amide bonds. The Kier molecular flexibility index (Phi) is 4.16. The first-order valence-corrected chi connectivity index (χ1v) is 9.18. The number of hydrogen-bond acceptors (Lipinski definition) is 4. The molecule has 3 heterocycles. The molecular formula is C18H26N4O2. The lowest BCUT2D eigenvalue weighted by Crippen LogP contribution is -2.53. The molecule has 1 unspecified atom stereocenters. The quantitative estimate of drug-likeness (QED) is 0.814. The highest BCUT2D eigenvalue weighted by Crippen LogP contribution is 2.23. The second-order valence-corrected chi connectivity index (χ2v) is 7.63. The van der Waals surface area contributed by atoms with Crippen LogP contribution in [0.2, 0.25) is 0 Å². The fourth-order valence-corrected chi connectivity index (χ4v) is 4.29. The van der Waals surface area contributed by atoms with Crippen molar-refractivity contribution in [1.29, 1.82) is 0 Å². The predicted octanol–water partition coefficient (Wildman–Crippen LogP) is 0.675. The molecule has 1 aliphatic carbocycles. The highest BCUT2D eigenvalue weighted by Gasteiger charge is 2.34. The SMILES string of the molecule is CN1C(=O)CCC1CN1CC(Cn2nc3c(cc2=O)CCCC3)C1. The van der Waals surface area contributed by atoms with Crippen LogP contribution in [0.3, 0.4) is 0 Å². The molecule has 24 heavy (non-hydrogen) atoms. The van der Waals surface area contributed by atoms with Gasteiger partial charge in [-0.2, -0.15) is 5.10 Å². The minimum Gasteiger partial charge on any atom is -0.341 e. The van der Waals surface area contributed by atoms with E-state index in [1.807, 2.05) is 11.9 Å². The highest BCUT2D eigenvalue weighted by molar-refractivity contribution is 5.78. The number of aryl methyl sites for hydroxylation is 2. The van der Waals surface area contributed by atoms with Crippen LogP contribution in [0, 0.1) is 5.92 Å². The number of rotatable bonds is 4. The standard InChI is InChI=1S/C18H26N4O2/c1-20-15(6-7-17(20)23)12-21-9-13(10-21)11-22-18(24)8-14-4-2-3-5-16(14)19-22/h8,13,15H,2-7,9-12H2,1H3. The maximum absolute atomic E-state index is 12.2. The third-order valence-corrected chi connectivity index (χ3v) is 5.84. The Balaban J connectivity index is 1.32. The number of fused-ring (bicyclic) bond motifs is 1.